The average molecular weight is 282 g/mol. The molecule has 3 N–H and O–H groups in total. The number of methoxy groups -OCH3 is 1. The lowest BCUT2D eigenvalue weighted by Gasteiger charge is -2.11. The number of unbranched alkanes of at least 4 members (excludes halogenated alkanes) is 1. The van der Waals surface area contributed by atoms with Crippen molar-refractivity contribution in [3.63, 3.8) is 0 Å². The number of nitrogens with one attached hydrogen (secondary N) is 2. The number of phenols is 1. The smallest absolute Gasteiger partial charge is 0.226 e. The van der Waals surface area contributed by atoms with E-state index in [0.29, 0.717) is 17.9 Å². The maximum atomic E-state index is 11.5. The summed E-state index contributed by atoms with van der Waals surface area (Å²) in [5, 5.41) is 15.1. The molecule has 0 bridgehead atoms. The normalized spacial score (nSPS) is 9.79. The molecule has 0 saturated carbocycles. The summed E-state index contributed by atoms with van der Waals surface area (Å²) in [6.07, 6.45) is 2.20. The Labute approximate surface area is 118 Å². The van der Waals surface area contributed by atoms with E-state index in [1.807, 2.05) is 6.92 Å². The molecule has 0 fully saturated rings. The first-order valence-electron chi connectivity index (χ1n) is 6.04. The van der Waals surface area contributed by atoms with Crippen LogP contribution < -0.4 is 15.4 Å². The zero-order valence-corrected chi connectivity index (χ0v) is 11.8. The van der Waals surface area contributed by atoms with Gasteiger partial charge < -0.3 is 20.5 Å². The fraction of sp³-hybridized carbons (Fsp3) is 0.385. The summed E-state index contributed by atoms with van der Waals surface area (Å²) in [4.78, 5) is 11.5. The maximum Gasteiger partial charge on any atom is 0.226 e. The van der Waals surface area contributed by atoms with Gasteiger partial charge in [-0.15, -0.1) is 0 Å². The first kappa shape index (κ1) is 15.2. The Kier molecular flexibility index (Phi) is 6.08. The molecule has 1 amide bonds. The predicted molar refractivity (Wildman–Crippen MR) is 78.5 cm³/mol. The zero-order chi connectivity index (χ0) is 14.3. The van der Waals surface area contributed by atoms with Crippen LogP contribution in [0.4, 0.5) is 5.69 Å². The van der Waals surface area contributed by atoms with E-state index in [2.05, 4.69) is 10.6 Å². The molecule has 0 aliphatic rings. The number of anilines is 1. The lowest BCUT2D eigenvalue weighted by atomic mass is 10.2. The van der Waals surface area contributed by atoms with Crippen LogP contribution in [0.3, 0.4) is 0 Å². The Hall–Kier alpha value is -1.82. The number of amides is 1. The quantitative estimate of drug-likeness (QED) is 0.571. The van der Waals surface area contributed by atoms with Gasteiger partial charge in [-0.25, -0.2) is 0 Å². The topological polar surface area (TPSA) is 70.6 Å². The number of thiocarbonyl (C=S) groups is 1. The molecule has 0 saturated heterocycles. The van der Waals surface area contributed by atoms with Crippen LogP contribution in [-0.2, 0) is 4.79 Å². The number of carbonyl (C=O) groups is 1. The molecule has 0 radical (unpaired) electrons. The standard InChI is InChI=1S/C13H18N2O3S/c1-3-4-5-12(17)15-13(19)14-10-8-9(18-2)6-7-11(10)16/h6-8,16H,3-5H2,1-2H3,(H2,14,15,17,19). The fourth-order valence-corrected chi connectivity index (χ4v) is 1.65. The van der Waals surface area contributed by atoms with Crippen molar-refractivity contribution < 1.29 is 14.6 Å². The Morgan fingerprint density at radius 1 is 1.47 bits per heavy atom. The number of hydrogen-bond donors (Lipinski definition) is 3. The van der Waals surface area contributed by atoms with Gasteiger partial charge in [0.1, 0.15) is 11.5 Å². The van der Waals surface area contributed by atoms with E-state index in [0.717, 1.165) is 12.8 Å². The number of carbonyl (C=O) groups excluding carboxylic acids is 1. The second-order valence-electron chi connectivity index (χ2n) is 3.99. The fourth-order valence-electron chi connectivity index (χ4n) is 1.42. The molecular weight excluding hydrogens is 264 g/mol. The van der Waals surface area contributed by atoms with E-state index in [1.54, 1.807) is 12.1 Å². The molecule has 104 valence electrons. The molecule has 1 rings (SSSR count). The monoisotopic (exact) mass is 282 g/mol. The summed E-state index contributed by atoms with van der Waals surface area (Å²) >= 11 is 5.01. The second-order valence-corrected chi connectivity index (χ2v) is 4.40. The molecule has 1 aromatic carbocycles. The van der Waals surface area contributed by atoms with Crippen molar-refractivity contribution >= 4 is 28.9 Å². The first-order chi connectivity index (χ1) is 9.06. The van der Waals surface area contributed by atoms with E-state index >= 15 is 0 Å². The van der Waals surface area contributed by atoms with E-state index in [-0.39, 0.29) is 16.8 Å². The molecule has 5 nitrogen and oxygen atoms in total. The van der Waals surface area contributed by atoms with Crippen LogP contribution in [0.2, 0.25) is 0 Å². The first-order valence-corrected chi connectivity index (χ1v) is 6.45. The van der Waals surface area contributed by atoms with Gasteiger partial charge in [-0.3, -0.25) is 4.79 Å². The third kappa shape index (κ3) is 5.13. The van der Waals surface area contributed by atoms with Crippen LogP contribution in [0.1, 0.15) is 26.2 Å². The van der Waals surface area contributed by atoms with Crippen molar-refractivity contribution in [2.45, 2.75) is 26.2 Å². The van der Waals surface area contributed by atoms with Crippen molar-refractivity contribution in [3.8, 4) is 11.5 Å². The summed E-state index contributed by atoms with van der Waals surface area (Å²) in [6, 6.07) is 4.71. The second kappa shape index (κ2) is 7.58. The number of phenolic OH excluding ortho intramolecular Hbond substituents is 1. The molecule has 0 heterocycles. The Bertz CT molecular complexity index is 463. The molecule has 0 aliphatic heterocycles. The van der Waals surface area contributed by atoms with Crippen LogP contribution in [-0.4, -0.2) is 23.2 Å². The predicted octanol–water partition coefficient (Wildman–Crippen LogP) is 2.40. The van der Waals surface area contributed by atoms with E-state index in [4.69, 9.17) is 17.0 Å². The van der Waals surface area contributed by atoms with Crippen LogP contribution in [0.15, 0.2) is 18.2 Å². The molecule has 19 heavy (non-hydrogen) atoms. The molecule has 6 heteroatoms. The highest BCUT2D eigenvalue weighted by atomic mass is 32.1. The molecular formula is C13H18N2O3S. The van der Waals surface area contributed by atoms with Gasteiger partial charge in [-0.05, 0) is 30.8 Å². The van der Waals surface area contributed by atoms with Crippen molar-refractivity contribution in [1.29, 1.82) is 0 Å². The van der Waals surface area contributed by atoms with E-state index < -0.39 is 0 Å². The van der Waals surface area contributed by atoms with Gasteiger partial charge in [-0.1, -0.05) is 13.3 Å². The van der Waals surface area contributed by atoms with Crippen molar-refractivity contribution in [2.75, 3.05) is 12.4 Å². The minimum absolute atomic E-state index is 0.0333. The van der Waals surface area contributed by atoms with E-state index in [1.165, 1.54) is 13.2 Å². The minimum atomic E-state index is -0.137. The molecule has 0 atom stereocenters. The van der Waals surface area contributed by atoms with Gasteiger partial charge >= 0.3 is 0 Å². The maximum absolute atomic E-state index is 11.5. The van der Waals surface area contributed by atoms with Gasteiger partial charge in [0, 0.05) is 12.5 Å². The third-order valence-electron chi connectivity index (χ3n) is 2.46. The average Bonchev–Trinajstić information content (AvgIpc) is 2.38. The number of aromatic hydroxyl groups is 1. The summed E-state index contributed by atoms with van der Waals surface area (Å²) in [7, 11) is 1.53. The van der Waals surface area contributed by atoms with Gasteiger partial charge in [0.25, 0.3) is 0 Å². The summed E-state index contributed by atoms with van der Waals surface area (Å²) in [5.41, 5.74) is 0.389. The van der Waals surface area contributed by atoms with Crippen molar-refractivity contribution in [3.05, 3.63) is 18.2 Å². The van der Waals surface area contributed by atoms with Gasteiger partial charge in [0.15, 0.2) is 5.11 Å². The van der Waals surface area contributed by atoms with Crippen molar-refractivity contribution in [1.82, 2.24) is 5.32 Å². The van der Waals surface area contributed by atoms with E-state index in [9.17, 15) is 9.90 Å². The zero-order valence-electron chi connectivity index (χ0n) is 11.0. The number of rotatable bonds is 5. The lowest BCUT2D eigenvalue weighted by molar-refractivity contribution is -0.119. The molecule has 0 unspecified atom stereocenters. The highest BCUT2D eigenvalue weighted by Crippen LogP contribution is 2.27. The van der Waals surface area contributed by atoms with Gasteiger partial charge in [-0.2, -0.15) is 0 Å². The van der Waals surface area contributed by atoms with Crippen LogP contribution >= 0.6 is 12.2 Å². The molecule has 0 spiro atoms. The van der Waals surface area contributed by atoms with Crippen LogP contribution in [0.5, 0.6) is 11.5 Å². The Morgan fingerprint density at radius 3 is 2.84 bits per heavy atom. The summed E-state index contributed by atoms with van der Waals surface area (Å²) < 4.78 is 5.04. The number of hydrogen-bond acceptors (Lipinski definition) is 4. The number of benzene rings is 1. The van der Waals surface area contributed by atoms with Crippen molar-refractivity contribution in [2.24, 2.45) is 0 Å². The van der Waals surface area contributed by atoms with Gasteiger partial charge in [0.2, 0.25) is 5.91 Å². The molecule has 0 aromatic heterocycles. The lowest BCUT2D eigenvalue weighted by Crippen LogP contribution is -2.33. The Morgan fingerprint density at radius 2 is 2.21 bits per heavy atom. The number of ether oxygens (including phenoxy) is 1. The highest BCUT2D eigenvalue weighted by Gasteiger charge is 2.08. The largest absolute Gasteiger partial charge is 0.506 e. The SMILES string of the molecule is CCCCC(=O)NC(=S)Nc1cc(OC)ccc1O. The molecule has 1 aromatic rings. The third-order valence-corrected chi connectivity index (χ3v) is 2.67. The van der Waals surface area contributed by atoms with Gasteiger partial charge in [0.05, 0.1) is 12.8 Å². The van der Waals surface area contributed by atoms with Crippen LogP contribution in [0, 0.1) is 0 Å². The Balaban J connectivity index is 2.59. The highest BCUT2D eigenvalue weighted by molar-refractivity contribution is 7.80. The molecule has 0 aliphatic carbocycles. The summed E-state index contributed by atoms with van der Waals surface area (Å²) in [6.45, 7) is 2.01. The summed E-state index contributed by atoms with van der Waals surface area (Å²) in [5.74, 6) is 0.480. The van der Waals surface area contributed by atoms with Crippen LogP contribution in [0.25, 0.3) is 0 Å². The minimum Gasteiger partial charge on any atom is -0.506 e.